The van der Waals surface area contributed by atoms with Crippen molar-refractivity contribution < 1.29 is 8.42 Å². The van der Waals surface area contributed by atoms with Gasteiger partial charge in [0.05, 0.1) is 8.47 Å². The van der Waals surface area contributed by atoms with E-state index in [4.69, 9.17) is 5.73 Å². The quantitative estimate of drug-likeness (QED) is 0.425. The Labute approximate surface area is 169 Å². The van der Waals surface area contributed by atoms with Crippen molar-refractivity contribution in [3.63, 3.8) is 0 Å². The van der Waals surface area contributed by atoms with Crippen LogP contribution in [0.25, 0.3) is 22.4 Å². The minimum Gasteiger partial charge on any atom is -0.384 e. The van der Waals surface area contributed by atoms with Crippen LogP contribution in [0.15, 0.2) is 58.7 Å². The molecule has 4 aromatic rings. The fourth-order valence-electron chi connectivity index (χ4n) is 2.75. The number of H-pyrrole nitrogens is 1. The maximum absolute atomic E-state index is 13.4. The summed E-state index contributed by atoms with van der Waals surface area (Å²) in [4.78, 5) is 16.1. The molecule has 0 aliphatic heterocycles. The normalized spacial score (nSPS) is 11.8. The molecule has 0 fully saturated rings. The van der Waals surface area contributed by atoms with E-state index in [9.17, 15) is 8.42 Å². The zero-order valence-corrected chi connectivity index (χ0v) is 17.1. The molecular formula is C18H14IN5O2S. The number of nitrogens with one attached hydrogen (secondary N) is 1. The largest absolute Gasteiger partial charge is 0.384 e. The number of hydrogen-bond donors (Lipinski definition) is 2. The van der Waals surface area contributed by atoms with E-state index in [1.807, 2.05) is 13.0 Å². The fourth-order valence-corrected chi connectivity index (χ4v) is 4.74. The molecule has 0 unspecified atom stereocenters. The highest BCUT2D eigenvalue weighted by molar-refractivity contribution is 14.1. The van der Waals surface area contributed by atoms with Gasteiger partial charge in [0.25, 0.3) is 0 Å². The van der Waals surface area contributed by atoms with Crippen molar-refractivity contribution in [2.24, 2.45) is 0 Å². The average Bonchev–Trinajstić information content (AvgIpc) is 3.01. The molecule has 0 radical (unpaired) electrons. The molecule has 0 aliphatic rings. The second kappa shape index (κ2) is 6.57. The van der Waals surface area contributed by atoms with E-state index in [0.29, 0.717) is 16.7 Å². The molecular weight excluding hydrogens is 477 g/mol. The summed E-state index contributed by atoms with van der Waals surface area (Å²) in [5.41, 5.74) is 8.44. The third-order valence-corrected chi connectivity index (χ3v) is 6.53. The number of fused-ring (bicyclic) bond motifs is 1. The molecule has 0 saturated carbocycles. The van der Waals surface area contributed by atoms with Crippen molar-refractivity contribution in [3.8, 4) is 11.3 Å². The molecule has 0 aliphatic carbocycles. The van der Waals surface area contributed by atoms with Crippen molar-refractivity contribution in [2.45, 2.75) is 16.8 Å². The maximum Gasteiger partial charge on any atom is 0.226 e. The van der Waals surface area contributed by atoms with Gasteiger partial charge < -0.3 is 10.7 Å². The van der Waals surface area contributed by atoms with E-state index < -0.39 is 9.84 Å². The monoisotopic (exact) mass is 491 g/mol. The maximum atomic E-state index is 13.4. The van der Waals surface area contributed by atoms with Gasteiger partial charge in [-0.2, -0.15) is 0 Å². The standard InChI is InChI=1S/C18H14IN5O2S/c1-10-3-2-4-12(7-10)27(25,26)18-15(11-5-6-21-14(20)8-11)23-16-13(19)9-22-17(16)24-18/h2-9H,1H3,(H2,20,21)(H,22,24). The van der Waals surface area contributed by atoms with E-state index in [1.165, 1.54) is 6.20 Å². The number of nitrogens with two attached hydrogens (primary N) is 1. The van der Waals surface area contributed by atoms with E-state index in [0.717, 1.165) is 9.13 Å². The van der Waals surface area contributed by atoms with Crippen LogP contribution in [0.1, 0.15) is 5.56 Å². The second-order valence-corrected chi connectivity index (χ2v) is 9.03. The van der Waals surface area contributed by atoms with Gasteiger partial charge in [0, 0.05) is 18.0 Å². The predicted octanol–water partition coefficient (Wildman–Crippen LogP) is 3.35. The number of aromatic amines is 1. The number of aromatic nitrogens is 4. The lowest BCUT2D eigenvalue weighted by Gasteiger charge is -2.10. The Balaban J connectivity index is 2.06. The Morgan fingerprint density at radius 2 is 1.96 bits per heavy atom. The van der Waals surface area contributed by atoms with Gasteiger partial charge in [-0.15, -0.1) is 0 Å². The first kappa shape index (κ1) is 17.9. The summed E-state index contributed by atoms with van der Waals surface area (Å²) in [6.45, 7) is 1.84. The SMILES string of the molecule is Cc1cccc(S(=O)(=O)c2nc3[nH]cc(I)c3nc2-c2ccnc(N)c2)c1. The average molecular weight is 491 g/mol. The highest BCUT2D eigenvalue weighted by atomic mass is 127. The summed E-state index contributed by atoms with van der Waals surface area (Å²) in [5, 5.41) is -0.121. The summed E-state index contributed by atoms with van der Waals surface area (Å²) >= 11 is 2.12. The van der Waals surface area contributed by atoms with Crippen LogP contribution >= 0.6 is 22.6 Å². The number of nitrogen functional groups attached to an aromatic ring is 1. The van der Waals surface area contributed by atoms with Crippen LogP contribution in [-0.4, -0.2) is 28.4 Å². The molecule has 0 bridgehead atoms. The van der Waals surface area contributed by atoms with Crippen molar-refractivity contribution >= 4 is 49.4 Å². The van der Waals surface area contributed by atoms with E-state index >= 15 is 0 Å². The van der Waals surface area contributed by atoms with Crippen LogP contribution in [0.3, 0.4) is 0 Å². The number of anilines is 1. The van der Waals surface area contributed by atoms with Crippen molar-refractivity contribution in [1.82, 2.24) is 19.9 Å². The van der Waals surface area contributed by atoms with Gasteiger partial charge in [-0.25, -0.2) is 23.4 Å². The Kier molecular flexibility index (Phi) is 4.35. The minimum absolute atomic E-state index is 0.121. The molecule has 1 aromatic carbocycles. The van der Waals surface area contributed by atoms with Crippen molar-refractivity contribution in [2.75, 3.05) is 5.73 Å². The molecule has 4 rings (SSSR count). The minimum atomic E-state index is -3.89. The highest BCUT2D eigenvalue weighted by Gasteiger charge is 2.27. The lowest BCUT2D eigenvalue weighted by Crippen LogP contribution is -2.09. The summed E-state index contributed by atoms with van der Waals surface area (Å²) in [7, 11) is -3.89. The predicted molar refractivity (Wildman–Crippen MR) is 111 cm³/mol. The number of hydrogen-bond acceptors (Lipinski definition) is 6. The molecule has 3 aromatic heterocycles. The van der Waals surface area contributed by atoms with Crippen molar-refractivity contribution in [3.05, 3.63) is 57.9 Å². The number of halogens is 1. The Hall–Kier alpha value is -2.53. The van der Waals surface area contributed by atoms with Gasteiger partial charge in [-0.05, 0) is 59.3 Å². The lowest BCUT2D eigenvalue weighted by molar-refractivity contribution is 0.592. The fraction of sp³-hybridized carbons (Fsp3) is 0.0556. The zero-order valence-electron chi connectivity index (χ0n) is 14.1. The molecule has 0 amide bonds. The van der Waals surface area contributed by atoms with Crippen LogP contribution in [0.4, 0.5) is 5.82 Å². The third-order valence-electron chi connectivity index (χ3n) is 4.03. The first-order valence-electron chi connectivity index (χ1n) is 7.94. The van der Waals surface area contributed by atoms with Crippen LogP contribution < -0.4 is 5.73 Å². The Bertz CT molecular complexity index is 1280. The number of nitrogens with zero attached hydrogens (tertiary/aromatic N) is 3. The van der Waals surface area contributed by atoms with E-state index in [1.54, 1.807) is 36.5 Å². The van der Waals surface area contributed by atoms with Gasteiger partial charge >= 0.3 is 0 Å². The van der Waals surface area contributed by atoms with Crippen LogP contribution in [0.2, 0.25) is 0 Å². The van der Waals surface area contributed by atoms with Gasteiger partial charge in [0.2, 0.25) is 9.84 Å². The van der Waals surface area contributed by atoms with Crippen molar-refractivity contribution in [1.29, 1.82) is 0 Å². The number of benzene rings is 1. The summed E-state index contributed by atoms with van der Waals surface area (Å²) in [6, 6.07) is 9.97. The number of aryl methyl sites for hydroxylation is 1. The molecule has 0 atom stereocenters. The lowest BCUT2D eigenvalue weighted by atomic mass is 10.2. The first-order valence-corrected chi connectivity index (χ1v) is 10.5. The number of sulfone groups is 1. The van der Waals surface area contributed by atoms with E-state index in [-0.39, 0.29) is 21.4 Å². The molecule has 27 heavy (non-hydrogen) atoms. The summed E-state index contributed by atoms with van der Waals surface area (Å²) in [5.74, 6) is 0.275. The molecule has 7 nitrogen and oxygen atoms in total. The van der Waals surface area contributed by atoms with Gasteiger partial charge in [0.15, 0.2) is 10.7 Å². The smallest absolute Gasteiger partial charge is 0.226 e. The van der Waals surface area contributed by atoms with Crippen LogP contribution in [0.5, 0.6) is 0 Å². The third kappa shape index (κ3) is 3.16. The highest BCUT2D eigenvalue weighted by Crippen LogP contribution is 2.32. The molecule has 0 spiro atoms. The molecule has 9 heteroatoms. The summed E-state index contributed by atoms with van der Waals surface area (Å²) < 4.78 is 27.5. The van der Waals surface area contributed by atoms with Crippen LogP contribution in [-0.2, 0) is 9.84 Å². The molecule has 0 saturated heterocycles. The number of pyridine rings is 1. The molecule has 136 valence electrons. The van der Waals surface area contributed by atoms with Gasteiger partial charge in [0.1, 0.15) is 17.0 Å². The van der Waals surface area contributed by atoms with Crippen LogP contribution in [0, 0.1) is 10.5 Å². The first-order chi connectivity index (χ1) is 12.9. The summed E-state index contributed by atoms with van der Waals surface area (Å²) in [6.07, 6.45) is 3.25. The van der Waals surface area contributed by atoms with Gasteiger partial charge in [-0.3, -0.25) is 0 Å². The zero-order chi connectivity index (χ0) is 19.2. The van der Waals surface area contributed by atoms with E-state index in [2.05, 4.69) is 42.5 Å². The molecule has 3 N–H and O–H groups in total. The Morgan fingerprint density at radius 1 is 1.15 bits per heavy atom. The second-order valence-electron chi connectivity index (χ2n) is 6.00. The Morgan fingerprint density at radius 3 is 2.70 bits per heavy atom. The topological polar surface area (TPSA) is 115 Å². The molecule has 3 heterocycles. The van der Waals surface area contributed by atoms with Gasteiger partial charge in [-0.1, -0.05) is 12.1 Å². The number of rotatable bonds is 3.